The molecule has 0 bridgehead atoms. The average Bonchev–Trinajstić information content (AvgIpc) is 2.15. The van der Waals surface area contributed by atoms with Crippen LogP contribution >= 0.6 is 12.4 Å². The van der Waals surface area contributed by atoms with Gasteiger partial charge in [0, 0.05) is 11.1 Å². The van der Waals surface area contributed by atoms with E-state index in [1.165, 1.54) is 24.3 Å². The number of Topliss-reactive ketones (excluding diaryl/α,β-unsaturated/α-hetero) is 1. The van der Waals surface area contributed by atoms with Crippen molar-refractivity contribution in [1.82, 2.24) is 5.32 Å². The minimum atomic E-state index is -0.326. The van der Waals surface area contributed by atoms with Crippen molar-refractivity contribution in [3.05, 3.63) is 35.6 Å². The molecule has 0 saturated heterocycles. The lowest BCUT2D eigenvalue weighted by molar-refractivity contribution is 0.0935. The summed E-state index contributed by atoms with van der Waals surface area (Å²) >= 11 is 0. The molecule has 96 valence electrons. The lowest BCUT2D eigenvalue weighted by Gasteiger charge is -2.25. The molecule has 1 unspecified atom stereocenters. The topological polar surface area (TPSA) is 29.1 Å². The Hall–Kier alpha value is -0.930. The molecule has 0 aliphatic rings. The summed E-state index contributed by atoms with van der Waals surface area (Å²) in [6, 6.07) is 5.36. The Morgan fingerprint density at radius 3 is 2.12 bits per heavy atom. The molecule has 0 heterocycles. The van der Waals surface area contributed by atoms with Gasteiger partial charge in [-0.25, -0.2) is 4.39 Å². The minimum Gasteiger partial charge on any atom is -0.303 e. The maximum absolute atomic E-state index is 12.7. The van der Waals surface area contributed by atoms with Crippen molar-refractivity contribution in [2.45, 2.75) is 39.3 Å². The van der Waals surface area contributed by atoms with Gasteiger partial charge in [0.05, 0.1) is 6.04 Å². The molecule has 0 amide bonds. The lowest BCUT2D eigenvalue weighted by Crippen LogP contribution is -2.46. The number of rotatable bonds is 3. The molecule has 0 radical (unpaired) electrons. The first kappa shape index (κ1) is 16.1. The molecule has 1 atom stereocenters. The van der Waals surface area contributed by atoms with Crippen LogP contribution in [0.15, 0.2) is 24.3 Å². The first-order valence-corrected chi connectivity index (χ1v) is 5.37. The predicted molar refractivity (Wildman–Crippen MR) is 70.3 cm³/mol. The zero-order chi connectivity index (χ0) is 12.3. The molecule has 4 heteroatoms. The highest BCUT2D eigenvalue weighted by Gasteiger charge is 2.20. The molecule has 0 fully saturated rings. The second-order valence-corrected chi connectivity index (χ2v) is 4.99. The van der Waals surface area contributed by atoms with Crippen molar-refractivity contribution in [2.24, 2.45) is 0 Å². The summed E-state index contributed by atoms with van der Waals surface area (Å²) in [7, 11) is 0. The summed E-state index contributed by atoms with van der Waals surface area (Å²) in [5.74, 6) is -0.345. The summed E-state index contributed by atoms with van der Waals surface area (Å²) in [5, 5.41) is 3.19. The van der Waals surface area contributed by atoms with Gasteiger partial charge in [0.15, 0.2) is 5.78 Å². The molecule has 0 aromatic heterocycles. The molecule has 1 N–H and O–H groups in total. The Bertz CT molecular complexity index is 370. The van der Waals surface area contributed by atoms with Gasteiger partial charge in [0.2, 0.25) is 0 Å². The quantitative estimate of drug-likeness (QED) is 0.845. The molecule has 2 nitrogen and oxygen atoms in total. The van der Waals surface area contributed by atoms with Gasteiger partial charge >= 0.3 is 0 Å². The smallest absolute Gasteiger partial charge is 0.179 e. The molecule has 1 rings (SSSR count). The van der Waals surface area contributed by atoms with Crippen LogP contribution in [0.2, 0.25) is 0 Å². The van der Waals surface area contributed by atoms with Crippen LogP contribution in [0.1, 0.15) is 38.1 Å². The maximum Gasteiger partial charge on any atom is 0.179 e. The summed E-state index contributed by atoms with van der Waals surface area (Å²) in [4.78, 5) is 11.9. The van der Waals surface area contributed by atoms with Crippen LogP contribution in [0.4, 0.5) is 4.39 Å². The number of nitrogens with one attached hydrogen (secondary N) is 1. The zero-order valence-corrected chi connectivity index (χ0v) is 11.4. The number of halogens is 2. The van der Waals surface area contributed by atoms with Crippen LogP contribution in [0.25, 0.3) is 0 Å². The summed E-state index contributed by atoms with van der Waals surface area (Å²) in [6.07, 6.45) is 0. The van der Waals surface area contributed by atoms with Gasteiger partial charge in [-0.05, 0) is 52.0 Å². The van der Waals surface area contributed by atoms with E-state index in [0.717, 1.165) is 0 Å². The van der Waals surface area contributed by atoms with E-state index < -0.39 is 0 Å². The van der Waals surface area contributed by atoms with E-state index in [4.69, 9.17) is 0 Å². The van der Waals surface area contributed by atoms with Crippen molar-refractivity contribution in [2.75, 3.05) is 0 Å². The minimum absolute atomic E-state index is 0. The molecule has 1 aromatic carbocycles. The fourth-order valence-corrected chi connectivity index (χ4v) is 1.58. The van der Waals surface area contributed by atoms with Crippen LogP contribution < -0.4 is 5.32 Å². The fraction of sp³-hybridized carbons (Fsp3) is 0.462. The third kappa shape index (κ3) is 5.29. The maximum atomic E-state index is 12.7. The van der Waals surface area contributed by atoms with E-state index in [1.807, 2.05) is 27.7 Å². The van der Waals surface area contributed by atoms with Crippen LogP contribution in [0.3, 0.4) is 0 Å². The van der Waals surface area contributed by atoms with E-state index in [9.17, 15) is 9.18 Å². The predicted octanol–water partition coefficient (Wildman–Crippen LogP) is 3.21. The lowest BCUT2D eigenvalue weighted by atomic mass is 10.0. The van der Waals surface area contributed by atoms with E-state index in [0.29, 0.717) is 5.56 Å². The second-order valence-electron chi connectivity index (χ2n) is 4.99. The van der Waals surface area contributed by atoms with Gasteiger partial charge in [-0.15, -0.1) is 12.4 Å². The highest BCUT2D eigenvalue weighted by atomic mass is 35.5. The van der Waals surface area contributed by atoms with Gasteiger partial charge in [-0.3, -0.25) is 4.79 Å². The number of benzene rings is 1. The Kier molecular flexibility index (Phi) is 5.79. The standard InChI is InChI=1S/C13H18FNO.ClH/c1-9(15-13(2,3)4)12(16)10-5-7-11(14)8-6-10;/h5-9,15H,1-4H3;1H. The van der Waals surface area contributed by atoms with Crippen molar-refractivity contribution < 1.29 is 9.18 Å². The van der Waals surface area contributed by atoms with Gasteiger partial charge in [0.25, 0.3) is 0 Å². The normalized spacial score (nSPS) is 12.8. The van der Waals surface area contributed by atoms with Crippen LogP contribution in [-0.2, 0) is 0 Å². The van der Waals surface area contributed by atoms with E-state index in [1.54, 1.807) is 0 Å². The zero-order valence-electron chi connectivity index (χ0n) is 10.6. The molecule has 0 aliphatic carbocycles. The molecule has 17 heavy (non-hydrogen) atoms. The van der Waals surface area contributed by atoms with Crippen molar-refractivity contribution in [1.29, 1.82) is 0 Å². The first-order valence-electron chi connectivity index (χ1n) is 5.37. The number of hydrogen-bond acceptors (Lipinski definition) is 2. The first-order chi connectivity index (χ1) is 7.29. The molecule has 0 aliphatic heterocycles. The van der Waals surface area contributed by atoms with E-state index in [2.05, 4.69) is 5.32 Å². The van der Waals surface area contributed by atoms with Crippen LogP contribution in [0, 0.1) is 5.82 Å². The summed E-state index contributed by atoms with van der Waals surface area (Å²) in [6.45, 7) is 7.82. The number of carbonyl (C=O) groups is 1. The molecular formula is C13H19ClFNO. The Labute approximate surface area is 108 Å². The Morgan fingerprint density at radius 2 is 1.71 bits per heavy atom. The SMILES string of the molecule is CC(NC(C)(C)C)C(=O)c1ccc(F)cc1.Cl. The molecule has 0 spiro atoms. The van der Waals surface area contributed by atoms with Crippen LogP contribution in [-0.4, -0.2) is 17.4 Å². The second kappa shape index (κ2) is 6.12. The molecule has 1 aromatic rings. The third-order valence-corrected chi connectivity index (χ3v) is 2.17. The number of carbonyl (C=O) groups excluding carboxylic acids is 1. The molecule has 0 saturated carbocycles. The summed E-state index contributed by atoms with van der Waals surface area (Å²) in [5.41, 5.74) is 0.417. The van der Waals surface area contributed by atoms with Gasteiger partial charge in [-0.1, -0.05) is 0 Å². The number of hydrogen-bond donors (Lipinski definition) is 1. The van der Waals surface area contributed by atoms with Crippen molar-refractivity contribution >= 4 is 18.2 Å². The van der Waals surface area contributed by atoms with Crippen LogP contribution in [0.5, 0.6) is 0 Å². The largest absolute Gasteiger partial charge is 0.303 e. The van der Waals surface area contributed by atoms with Gasteiger partial charge < -0.3 is 5.32 Å². The third-order valence-electron chi connectivity index (χ3n) is 2.17. The highest BCUT2D eigenvalue weighted by Crippen LogP contribution is 2.08. The summed E-state index contributed by atoms with van der Waals surface area (Å²) < 4.78 is 12.7. The molecular weight excluding hydrogens is 241 g/mol. The fourth-order valence-electron chi connectivity index (χ4n) is 1.58. The van der Waals surface area contributed by atoms with E-state index >= 15 is 0 Å². The Balaban J connectivity index is 0.00000256. The number of ketones is 1. The van der Waals surface area contributed by atoms with Gasteiger partial charge in [-0.2, -0.15) is 0 Å². The average molecular weight is 260 g/mol. The van der Waals surface area contributed by atoms with Crippen molar-refractivity contribution in [3.63, 3.8) is 0 Å². The van der Waals surface area contributed by atoms with Crippen molar-refractivity contribution in [3.8, 4) is 0 Å². The Morgan fingerprint density at radius 1 is 1.24 bits per heavy atom. The van der Waals surface area contributed by atoms with Gasteiger partial charge in [0.1, 0.15) is 5.82 Å². The monoisotopic (exact) mass is 259 g/mol. The van der Waals surface area contributed by atoms with E-state index in [-0.39, 0.29) is 35.6 Å². The highest BCUT2D eigenvalue weighted by molar-refractivity contribution is 5.99.